The number of para-hydroxylation sites is 1. The second-order valence-electron chi connectivity index (χ2n) is 4.26. The Morgan fingerprint density at radius 2 is 2.00 bits per heavy atom. The third-order valence-corrected chi connectivity index (χ3v) is 2.85. The zero-order chi connectivity index (χ0) is 15.2. The van der Waals surface area contributed by atoms with Crippen LogP contribution in [0.1, 0.15) is 5.56 Å². The summed E-state index contributed by atoms with van der Waals surface area (Å²) in [6.45, 7) is 0.193. The van der Waals surface area contributed by atoms with Crippen LogP contribution in [0.15, 0.2) is 42.5 Å². The summed E-state index contributed by atoms with van der Waals surface area (Å²) in [5.41, 5.74) is 6.89. The molecule has 0 aliphatic heterocycles. The molecule has 2 aromatic rings. The number of phenolic OH excluding ortho intramolecular Hbond substituents is 1. The minimum absolute atomic E-state index is 0.0701. The average Bonchev–Trinajstić information content (AvgIpc) is 2.49. The summed E-state index contributed by atoms with van der Waals surface area (Å²) in [5, 5.41) is 20.8. The SMILES string of the molecule is COc1cc([N+](=O)[O-])cc(CNNc2ccccc2)c1O. The van der Waals surface area contributed by atoms with Gasteiger partial charge in [-0.3, -0.25) is 10.1 Å². The van der Waals surface area contributed by atoms with Gasteiger partial charge in [-0.15, -0.1) is 0 Å². The van der Waals surface area contributed by atoms with Gasteiger partial charge >= 0.3 is 0 Å². The quantitative estimate of drug-likeness (QED) is 0.558. The molecule has 0 aliphatic carbocycles. The third-order valence-electron chi connectivity index (χ3n) is 2.85. The maximum Gasteiger partial charge on any atom is 0.273 e. The standard InChI is InChI=1S/C14H15N3O4/c1-21-13-8-12(17(19)20)7-10(14(13)18)9-15-16-11-5-3-2-4-6-11/h2-8,15-16,18H,9H2,1H3. The van der Waals surface area contributed by atoms with Gasteiger partial charge in [-0.25, -0.2) is 5.43 Å². The van der Waals surface area contributed by atoms with Gasteiger partial charge in [0.1, 0.15) is 0 Å². The Kier molecular flexibility index (Phi) is 4.57. The van der Waals surface area contributed by atoms with Gasteiger partial charge in [-0.05, 0) is 12.1 Å². The number of phenols is 1. The average molecular weight is 289 g/mol. The van der Waals surface area contributed by atoms with Crippen LogP contribution < -0.4 is 15.6 Å². The van der Waals surface area contributed by atoms with Crippen LogP contribution in [0.3, 0.4) is 0 Å². The largest absolute Gasteiger partial charge is 0.504 e. The van der Waals surface area contributed by atoms with Crippen LogP contribution in [0.4, 0.5) is 11.4 Å². The van der Waals surface area contributed by atoms with Crippen LogP contribution >= 0.6 is 0 Å². The molecule has 0 bridgehead atoms. The van der Waals surface area contributed by atoms with Crippen LogP contribution in [0, 0.1) is 10.1 Å². The van der Waals surface area contributed by atoms with Crippen molar-refractivity contribution in [3.8, 4) is 11.5 Å². The number of methoxy groups -OCH3 is 1. The maximum absolute atomic E-state index is 10.9. The van der Waals surface area contributed by atoms with E-state index >= 15 is 0 Å². The Hall–Kier alpha value is -2.80. The molecule has 0 unspecified atom stereocenters. The molecule has 0 fully saturated rings. The van der Waals surface area contributed by atoms with E-state index in [-0.39, 0.29) is 23.7 Å². The first kappa shape index (κ1) is 14.6. The predicted octanol–water partition coefficient (Wildman–Crippen LogP) is 2.43. The molecule has 3 N–H and O–H groups in total. The summed E-state index contributed by atoms with van der Waals surface area (Å²) in [6, 6.07) is 11.8. The van der Waals surface area contributed by atoms with E-state index in [2.05, 4.69) is 10.9 Å². The molecule has 0 aliphatic rings. The van der Waals surface area contributed by atoms with Crippen molar-refractivity contribution in [1.29, 1.82) is 0 Å². The van der Waals surface area contributed by atoms with Crippen molar-refractivity contribution in [3.05, 3.63) is 58.1 Å². The molecule has 2 aromatic carbocycles. The van der Waals surface area contributed by atoms with E-state index in [4.69, 9.17) is 4.74 Å². The number of nitrogens with one attached hydrogen (secondary N) is 2. The molecule has 7 heteroatoms. The first-order valence-electron chi connectivity index (χ1n) is 6.20. The molecular weight excluding hydrogens is 274 g/mol. The Morgan fingerprint density at radius 3 is 2.62 bits per heavy atom. The van der Waals surface area contributed by atoms with Crippen molar-refractivity contribution < 1.29 is 14.8 Å². The minimum Gasteiger partial charge on any atom is -0.504 e. The zero-order valence-electron chi connectivity index (χ0n) is 11.4. The highest BCUT2D eigenvalue weighted by Crippen LogP contribution is 2.34. The van der Waals surface area contributed by atoms with E-state index in [0.29, 0.717) is 5.56 Å². The van der Waals surface area contributed by atoms with Crippen LogP contribution in [-0.2, 0) is 6.54 Å². The molecule has 0 saturated carbocycles. The number of anilines is 1. The lowest BCUT2D eigenvalue weighted by Gasteiger charge is -2.11. The van der Waals surface area contributed by atoms with E-state index in [1.54, 1.807) is 0 Å². The summed E-state index contributed by atoms with van der Waals surface area (Å²) in [4.78, 5) is 10.3. The first-order chi connectivity index (χ1) is 10.1. The Labute approximate surface area is 121 Å². The van der Waals surface area contributed by atoms with E-state index < -0.39 is 4.92 Å². The van der Waals surface area contributed by atoms with Crippen molar-refractivity contribution in [1.82, 2.24) is 5.43 Å². The molecule has 7 nitrogen and oxygen atoms in total. The lowest BCUT2D eigenvalue weighted by Crippen LogP contribution is -2.21. The van der Waals surface area contributed by atoms with Crippen molar-refractivity contribution >= 4 is 11.4 Å². The number of nitro groups is 1. The van der Waals surface area contributed by atoms with Gasteiger partial charge in [-0.1, -0.05) is 18.2 Å². The number of hydrazine groups is 1. The fourth-order valence-electron chi connectivity index (χ4n) is 1.81. The molecule has 0 amide bonds. The molecule has 21 heavy (non-hydrogen) atoms. The van der Waals surface area contributed by atoms with Crippen LogP contribution in [0.25, 0.3) is 0 Å². The number of benzene rings is 2. The molecule has 0 heterocycles. The number of nitro benzene ring substituents is 1. The van der Waals surface area contributed by atoms with Gasteiger partial charge < -0.3 is 15.3 Å². The van der Waals surface area contributed by atoms with Gasteiger partial charge in [0.05, 0.1) is 18.1 Å². The molecule has 0 saturated heterocycles. The number of aromatic hydroxyl groups is 1. The van der Waals surface area contributed by atoms with Gasteiger partial charge in [-0.2, -0.15) is 0 Å². The highest BCUT2D eigenvalue weighted by Gasteiger charge is 2.16. The van der Waals surface area contributed by atoms with Gasteiger partial charge in [0, 0.05) is 23.9 Å². The summed E-state index contributed by atoms with van der Waals surface area (Å²) in [7, 11) is 1.35. The second-order valence-corrected chi connectivity index (χ2v) is 4.26. The maximum atomic E-state index is 10.9. The van der Waals surface area contributed by atoms with Crippen LogP contribution in [0.5, 0.6) is 11.5 Å². The topological polar surface area (TPSA) is 96.7 Å². The lowest BCUT2D eigenvalue weighted by atomic mass is 10.1. The third kappa shape index (κ3) is 3.61. The second kappa shape index (κ2) is 6.58. The molecule has 110 valence electrons. The molecule has 0 atom stereocenters. The van der Waals surface area contributed by atoms with E-state index in [0.717, 1.165) is 5.69 Å². The van der Waals surface area contributed by atoms with Crippen molar-refractivity contribution in [2.24, 2.45) is 0 Å². The molecule has 2 rings (SSSR count). The summed E-state index contributed by atoms with van der Waals surface area (Å²) >= 11 is 0. The molecule has 0 spiro atoms. The summed E-state index contributed by atoms with van der Waals surface area (Å²) in [5.74, 6) is -0.0498. The van der Waals surface area contributed by atoms with Crippen molar-refractivity contribution in [2.45, 2.75) is 6.54 Å². The summed E-state index contributed by atoms with van der Waals surface area (Å²) < 4.78 is 4.94. The molecular formula is C14H15N3O4. The Bertz CT molecular complexity index is 632. The van der Waals surface area contributed by atoms with Crippen molar-refractivity contribution in [3.63, 3.8) is 0 Å². The number of hydrogen-bond acceptors (Lipinski definition) is 6. The summed E-state index contributed by atoms with van der Waals surface area (Å²) in [6.07, 6.45) is 0. The first-order valence-corrected chi connectivity index (χ1v) is 6.20. The van der Waals surface area contributed by atoms with Gasteiger partial charge in [0.25, 0.3) is 5.69 Å². The van der Waals surface area contributed by atoms with E-state index in [9.17, 15) is 15.2 Å². The number of ether oxygens (including phenoxy) is 1. The minimum atomic E-state index is -0.532. The zero-order valence-corrected chi connectivity index (χ0v) is 11.4. The number of nitrogens with zero attached hydrogens (tertiary/aromatic N) is 1. The Balaban J connectivity index is 2.11. The van der Waals surface area contributed by atoms with E-state index in [1.165, 1.54) is 19.2 Å². The van der Waals surface area contributed by atoms with Gasteiger partial charge in [0.2, 0.25) is 0 Å². The number of hydrogen-bond donors (Lipinski definition) is 3. The molecule has 0 aromatic heterocycles. The fraction of sp³-hybridized carbons (Fsp3) is 0.143. The number of non-ortho nitro benzene ring substituents is 1. The normalized spacial score (nSPS) is 10.1. The lowest BCUT2D eigenvalue weighted by molar-refractivity contribution is -0.385. The van der Waals surface area contributed by atoms with Gasteiger partial charge in [0.15, 0.2) is 11.5 Å². The molecule has 0 radical (unpaired) electrons. The number of rotatable bonds is 6. The highest BCUT2D eigenvalue weighted by molar-refractivity contribution is 5.53. The smallest absolute Gasteiger partial charge is 0.273 e. The Morgan fingerprint density at radius 1 is 1.29 bits per heavy atom. The van der Waals surface area contributed by atoms with E-state index in [1.807, 2.05) is 30.3 Å². The monoisotopic (exact) mass is 289 g/mol. The van der Waals surface area contributed by atoms with Crippen LogP contribution in [0.2, 0.25) is 0 Å². The highest BCUT2D eigenvalue weighted by atomic mass is 16.6. The van der Waals surface area contributed by atoms with Crippen molar-refractivity contribution in [2.75, 3.05) is 12.5 Å². The predicted molar refractivity (Wildman–Crippen MR) is 78.2 cm³/mol. The van der Waals surface area contributed by atoms with Crippen LogP contribution in [-0.4, -0.2) is 17.1 Å². The fourth-order valence-corrected chi connectivity index (χ4v) is 1.81.